The Morgan fingerprint density at radius 3 is 2.33 bits per heavy atom. The second-order valence-electron chi connectivity index (χ2n) is 6.41. The van der Waals surface area contributed by atoms with Crippen LogP contribution in [-0.4, -0.2) is 30.4 Å². The van der Waals surface area contributed by atoms with Crippen LogP contribution in [0.3, 0.4) is 0 Å². The lowest BCUT2D eigenvalue weighted by Crippen LogP contribution is -2.38. The van der Waals surface area contributed by atoms with Crippen molar-refractivity contribution in [3.63, 3.8) is 0 Å². The summed E-state index contributed by atoms with van der Waals surface area (Å²) in [6, 6.07) is 8.66. The molecule has 2 aromatic carbocycles. The predicted molar refractivity (Wildman–Crippen MR) is 102 cm³/mol. The van der Waals surface area contributed by atoms with Gasteiger partial charge in [-0.1, -0.05) is 17.7 Å². The minimum Gasteiger partial charge on any atom is -0.324 e. The molecule has 0 saturated heterocycles. The molecule has 0 aromatic heterocycles. The second-order valence-corrected chi connectivity index (χ2v) is 6.41. The highest BCUT2D eigenvalue weighted by atomic mass is 19.1. The van der Waals surface area contributed by atoms with Gasteiger partial charge in [-0.05, 0) is 50.1 Å². The molecule has 7 heteroatoms. The number of rotatable bonds is 4. The maximum Gasteiger partial charge on any atom is 0.322 e. The Bertz CT molecular complexity index is 911. The number of benzene rings is 2. The molecule has 0 unspecified atom stereocenters. The van der Waals surface area contributed by atoms with Crippen molar-refractivity contribution < 1.29 is 14.0 Å². The largest absolute Gasteiger partial charge is 0.324 e. The lowest BCUT2D eigenvalue weighted by atomic mass is 10.1. The van der Waals surface area contributed by atoms with E-state index in [1.165, 1.54) is 18.0 Å². The minimum atomic E-state index is -0.578. The van der Waals surface area contributed by atoms with Crippen LogP contribution in [0.15, 0.2) is 30.3 Å². The number of nitrogens with one attached hydrogen (secondary N) is 2. The first kappa shape index (κ1) is 19.9. The zero-order chi connectivity index (χ0) is 20.1. The number of amides is 3. The molecule has 0 radical (unpaired) electrons. The molecular formula is C20H21FN4O2. The van der Waals surface area contributed by atoms with E-state index in [1.54, 1.807) is 0 Å². The smallest absolute Gasteiger partial charge is 0.322 e. The van der Waals surface area contributed by atoms with Crippen LogP contribution >= 0.6 is 0 Å². The summed E-state index contributed by atoms with van der Waals surface area (Å²) >= 11 is 0. The molecule has 0 aliphatic rings. The number of likely N-dealkylation sites (N-methyl/N-ethyl adjacent to an activating group) is 1. The first-order valence-electron chi connectivity index (χ1n) is 8.30. The van der Waals surface area contributed by atoms with Gasteiger partial charge < -0.3 is 15.5 Å². The van der Waals surface area contributed by atoms with Crippen LogP contribution in [0.25, 0.3) is 0 Å². The van der Waals surface area contributed by atoms with Crippen LogP contribution < -0.4 is 10.6 Å². The van der Waals surface area contributed by atoms with E-state index in [0.717, 1.165) is 34.5 Å². The molecule has 0 aliphatic carbocycles. The molecule has 140 valence electrons. The number of anilines is 2. The summed E-state index contributed by atoms with van der Waals surface area (Å²) in [6.45, 7) is 5.62. The predicted octanol–water partition coefficient (Wildman–Crippen LogP) is 3.73. The van der Waals surface area contributed by atoms with Crippen molar-refractivity contribution in [2.24, 2.45) is 0 Å². The summed E-state index contributed by atoms with van der Waals surface area (Å²) in [5.41, 5.74) is 3.90. The fourth-order valence-corrected chi connectivity index (χ4v) is 2.77. The topological polar surface area (TPSA) is 85.2 Å². The summed E-state index contributed by atoms with van der Waals surface area (Å²) in [5, 5.41) is 14.4. The van der Waals surface area contributed by atoms with Gasteiger partial charge in [-0.2, -0.15) is 5.26 Å². The quantitative estimate of drug-likeness (QED) is 0.862. The van der Waals surface area contributed by atoms with E-state index in [-0.39, 0.29) is 23.7 Å². The summed E-state index contributed by atoms with van der Waals surface area (Å²) in [4.78, 5) is 25.7. The maximum atomic E-state index is 13.2. The van der Waals surface area contributed by atoms with E-state index < -0.39 is 11.8 Å². The molecule has 0 heterocycles. The van der Waals surface area contributed by atoms with Crippen LogP contribution in [-0.2, 0) is 4.79 Å². The lowest BCUT2D eigenvalue weighted by molar-refractivity contribution is -0.116. The average Bonchev–Trinajstić information content (AvgIpc) is 2.59. The van der Waals surface area contributed by atoms with Gasteiger partial charge in [0.1, 0.15) is 18.4 Å². The number of urea groups is 1. The van der Waals surface area contributed by atoms with E-state index >= 15 is 0 Å². The highest BCUT2D eigenvalue weighted by molar-refractivity contribution is 5.98. The van der Waals surface area contributed by atoms with Crippen LogP contribution in [0.2, 0.25) is 0 Å². The van der Waals surface area contributed by atoms with E-state index in [1.807, 2.05) is 39.0 Å². The van der Waals surface area contributed by atoms with Gasteiger partial charge in [0.05, 0.1) is 11.3 Å². The van der Waals surface area contributed by atoms with Crippen LogP contribution in [0.5, 0.6) is 0 Å². The molecule has 2 aromatic rings. The standard InChI is InChI=1S/C20H21FN4O2/c1-12-7-13(2)19(14(3)8-12)24-18(26)11-25(4)20(27)23-17-6-5-16(21)9-15(17)10-22/h5-9H,11H2,1-4H3,(H,23,27)(H,24,26). The molecule has 0 saturated carbocycles. The van der Waals surface area contributed by atoms with Gasteiger partial charge in [-0.25, -0.2) is 9.18 Å². The number of hydrogen-bond acceptors (Lipinski definition) is 3. The van der Waals surface area contributed by atoms with Crippen molar-refractivity contribution in [2.75, 3.05) is 24.2 Å². The summed E-state index contributed by atoms with van der Waals surface area (Å²) in [7, 11) is 1.46. The van der Waals surface area contributed by atoms with Crippen LogP contribution in [0, 0.1) is 37.9 Å². The van der Waals surface area contributed by atoms with Crippen molar-refractivity contribution in [2.45, 2.75) is 20.8 Å². The molecular weight excluding hydrogens is 347 g/mol. The molecule has 2 rings (SSSR count). The first-order chi connectivity index (χ1) is 12.7. The summed E-state index contributed by atoms with van der Waals surface area (Å²) in [5.74, 6) is -0.913. The van der Waals surface area contributed by atoms with Gasteiger partial charge in [0, 0.05) is 12.7 Å². The van der Waals surface area contributed by atoms with Gasteiger partial charge in [0.15, 0.2) is 0 Å². The Hall–Kier alpha value is -3.40. The second kappa shape index (κ2) is 8.32. The molecule has 0 spiro atoms. The molecule has 0 fully saturated rings. The highest BCUT2D eigenvalue weighted by Gasteiger charge is 2.16. The zero-order valence-corrected chi connectivity index (χ0v) is 15.7. The monoisotopic (exact) mass is 368 g/mol. The van der Waals surface area contributed by atoms with Crippen LogP contribution in [0.1, 0.15) is 22.3 Å². The Kier molecular flexibility index (Phi) is 6.14. The third-order valence-electron chi connectivity index (χ3n) is 4.01. The number of carbonyl (C=O) groups excluding carboxylic acids is 2. The van der Waals surface area contributed by atoms with Crippen LogP contribution in [0.4, 0.5) is 20.6 Å². The molecule has 3 amide bonds. The molecule has 0 aliphatic heterocycles. The van der Waals surface area contributed by atoms with Crippen molar-refractivity contribution >= 4 is 23.3 Å². The van der Waals surface area contributed by atoms with Gasteiger partial charge in [-0.3, -0.25) is 4.79 Å². The number of carbonyl (C=O) groups is 2. The number of nitriles is 1. The van der Waals surface area contributed by atoms with Gasteiger partial charge in [0.2, 0.25) is 5.91 Å². The molecule has 27 heavy (non-hydrogen) atoms. The first-order valence-corrected chi connectivity index (χ1v) is 8.30. The highest BCUT2D eigenvalue weighted by Crippen LogP contribution is 2.22. The average molecular weight is 368 g/mol. The Morgan fingerprint density at radius 2 is 1.74 bits per heavy atom. The van der Waals surface area contributed by atoms with E-state index in [2.05, 4.69) is 10.6 Å². The molecule has 2 N–H and O–H groups in total. The van der Waals surface area contributed by atoms with Crippen molar-refractivity contribution in [3.05, 3.63) is 58.4 Å². The fourth-order valence-electron chi connectivity index (χ4n) is 2.77. The van der Waals surface area contributed by atoms with Gasteiger partial charge >= 0.3 is 6.03 Å². The van der Waals surface area contributed by atoms with Gasteiger partial charge in [-0.15, -0.1) is 0 Å². The zero-order valence-electron chi connectivity index (χ0n) is 15.7. The van der Waals surface area contributed by atoms with E-state index in [9.17, 15) is 14.0 Å². The molecule has 0 bridgehead atoms. The number of aryl methyl sites for hydroxylation is 3. The third kappa shape index (κ3) is 5.05. The van der Waals surface area contributed by atoms with E-state index in [0.29, 0.717) is 0 Å². The fraction of sp³-hybridized carbons (Fsp3) is 0.250. The number of halogens is 1. The Labute approximate surface area is 157 Å². The third-order valence-corrected chi connectivity index (χ3v) is 4.01. The lowest BCUT2D eigenvalue weighted by Gasteiger charge is -2.19. The van der Waals surface area contributed by atoms with Crippen molar-refractivity contribution in [1.29, 1.82) is 5.26 Å². The van der Waals surface area contributed by atoms with Crippen molar-refractivity contribution in [3.8, 4) is 6.07 Å². The van der Waals surface area contributed by atoms with E-state index in [4.69, 9.17) is 5.26 Å². The van der Waals surface area contributed by atoms with Gasteiger partial charge in [0.25, 0.3) is 0 Å². The summed E-state index contributed by atoms with van der Waals surface area (Å²) in [6.07, 6.45) is 0. The Balaban J connectivity index is 2.02. The summed E-state index contributed by atoms with van der Waals surface area (Å²) < 4.78 is 13.2. The van der Waals surface area contributed by atoms with Crippen molar-refractivity contribution in [1.82, 2.24) is 4.90 Å². The maximum absolute atomic E-state index is 13.2. The number of hydrogen-bond donors (Lipinski definition) is 2. The Morgan fingerprint density at radius 1 is 1.11 bits per heavy atom. The molecule has 6 nitrogen and oxygen atoms in total. The normalized spacial score (nSPS) is 10.1. The minimum absolute atomic E-state index is 0.00658. The molecule has 0 atom stereocenters. The number of nitrogens with zero attached hydrogens (tertiary/aromatic N) is 2. The SMILES string of the molecule is Cc1cc(C)c(NC(=O)CN(C)C(=O)Nc2ccc(F)cc2C#N)c(C)c1.